The summed E-state index contributed by atoms with van der Waals surface area (Å²) in [7, 11) is 0. The minimum absolute atomic E-state index is 0.227. The predicted octanol–water partition coefficient (Wildman–Crippen LogP) is 10.2. The van der Waals surface area contributed by atoms with Crippen LogP contribution < -0.4 is 0 Å². The molecule has 2 heteroatoms. The van der Waals surface area contributed by atoms with Gasteiger partial charge in [0.25, 0.3) is 0 Å². The second-order valence-electron chi connectivity index (χ2n) is 11.8. The molecule has 2 aliphatic carbocycles. The highest BCUT2D eigenvalue weighted by Gasteiger charge is 2.31. The summed E-state index contributed by atoms with van der Waals surface area (Å²) >= 11 is 0. The van der Waals surface area contributed by atoms with Crippen molar-refractivity contribution in [2.24, 2.45) is 5.92 Å². The summed E-state index contributed by atoms with van der Waals surface area (Å²) in [6, 6.07) is 20.5. The van der Waals surface area contributed by atoms with Gasteiger partial charge < -0.3 is 4.90 Å². The van der Waals surface area contributed by atoms with Crippen molar-refractivity contribution in [3.05, 3.63) is 83.6 Å². The molecule has 2 fully saturated rings. The van der Waals surface area contributed by atoms with E-state index < -0.39 is 0 Å². The number of allylic oxidation sites excluding steroid dienone is 1. The summed E-state index contributed by atoms with van der Waals surface area (Å²) in [4.78, 5) is 14.6. The topological polar surface area (TPSA) is 20.3 Å². The van der Waals surface area contributed by atoms with Crippen LogP contribution in [0.5, 0.6) is 0 Å². The predicted molar refractivity (Wildman–Crippen MR) is 163 cm³/mol. The van der Waals surface area contributed by atoms with E-state index in [4.69, 9.17) is 0 Å². The summed E-state index contributed by atoms with van der Waals surface area (Å²) in [6.45, 7) is 13.9. The Labute approximate surface area is 233 Å². The van der Waals surface area contributed by atoms with Crippen LogP contribution in [0, 0.1) is 5.92 Å². The number of benzene rings is 2. The number of carbonyl (C=O) groups is 1. The lowest BCUT2D eigenvalue weighted by Gasteiger charge is -2.30. The Bertz CT molecular complexity index is 959. The van der Waals surface area contributed by atoms with Gasteiger partial charge in [-0.1, -0.05) is 114 Å². The number of unbranched alkanes of at least 4 members (excludes halogenated alkanes) is 3. The molecule has 0 amide bonds. The van der Waals surface area contributed by atoms with Crippen LogP contribution in [0.3, 0.4) is 0 Å². The van der Waals surface area contributed by atoms with Crippen LogP contribution in [-0.2, 0) is 11.3 Å². The van der Waals surface area contributed by atoms with Gasteiger partial charge in [0.15, 0.2) is 0 Å². The quantitative estimate of drug-likeness (QED) is 0.247. The van der Waals surface area contributed by atoms with Gasteiger partial charge in [-0.3, -0.25) is 4.79 Å². The molecule has 0 aromatic heterocycles. The van der Waals surface area contributed by atoms with Gasteiger partial charge in [0, 0.05) is 24.2 Å². The van der Waals surface area contributed by atoms with E-state index in [-0.39, 0.29) is 5.92 Å². The van der Waals surface area contributed by atoms with Gasteiger partial charge in [0.2, 0.25) is 0 Å². The summed E-state index contributed by atoms with van der Waals surface area (Å²) in [6.07, 6.45) is 14.9. The first-order valence-electron chi connectivity index (χ1n) is 15.5. The Hall–Kier alpha value is -2.35. The van der Waals surface area contributed by atoms with Crippen molar-refractivity contribution in [3.63, 3.8) is 0 Å². The lowest BCUT2D eigenvalue weighted by Crippen LogP contribution is -2.25. The first kappa shape index (κ1) is 30.2. The van der Waals surface area contributed by atoms with E-state index >= 15 is 0 Å². The molecule has 2 aromatic carbocycles. The van der Waals surface area contributed by atoms with E-state index in [9.17, 15) is 4.79 Å². The molecular formula is C36H53NO. The molecule has 1 unspecified atom stereocenters. The maximum Gasteiger partial charge on any atom is 0.133 e. The van der Waals surface area contributed by atoms with Crippen LogP contribution >= 0.6 is 0 Å². The van der Waals surface area contributed by atoms with Crippen molar-refractivity contribution in [1.82, 2.24) is 4.90 Å². The molecule has 0 saturated heterocycles. The molecule has 2 nitrogen and oxygen atoms in total. The standard InChI is InChI=1S/C26H39NO.C10H14/c1-4-5-6-7-10-20(2)27(24-17-18-24)19-22-13-15-23(16-14-22)26-12-9-8-11-25(26)21(3)28;1-3-9(2)10-7-5-4-6-8-10/h13-16,24-26H,2,4-12,17-19H2,1,3H3;4-9H,3H2,1-2H3/t25?,26-;9-/m00/s1. The molecule has 2 saturated carbocycles. The normalized spacial score (nSPS) is 19.7. The van der Waals surface area contributed by atoms with E-state index in [0.717, 1.165) is 25.8 Å². The second-order valence-corrected chi connectivity index (χ2v) is 11.8. The number of ketones is 1. The highest BCUT2D eigenvalue weighted by atomic mass is 16.1. The molecule has 2 aromatic rings. The first-order valence-corrected chi connectivity index (χ1v) is 15.5. The summed E-state index contributed by atoms with van der Waals surface area (Å²) in [5.41, 5.74) is 5.51. The minimum atomic E-state index is 0.227. The molecule has 2 aliphatic rings. The van der Waals surface area contributed by atoms with Crippen molar-refractivity contribution in [2.45, 2.75) is 129 Å². The van der Waals surface area contributed by atoms with Crippen LogP contribution in [0.2, 0.25) is 0 Å². The van der Waals surface area contributed by atoms with Crippen LogP contribution in [0.4, 0.5) is 0 Å². The van der Waals surface area contributed by atoms with E-state index in [1.165, 1.54) is 80.2 Å². The largest absolute Gasteiger partial charge is 0.368 e. The van der Waals surface area contributed by atoms with Gasteiger partial charge in [0.1, 0.15) is 5.78 Å². The first-order chi connectivity index (χ1) is 18.4. The van der Waals surface area contributed by atoms with Crippen LogP contribution in [0.25, 0.3) is 0 Å². The molecule has 0 aliphatic heterocycles. The zero-order chi connectivity index (χ0) is 27.3. The Balaban J connectivity index is 0.000000336. The maximum absolute atomic E-state index is 12.1. The molecule has 0 N–H and O–H groups in total. The Kier molecular flexibility index (Phi) is 12.6. The number of rotatable bonds is 13. The zero-order valence-electron chi connectivity index (χ0n) is 24.8. The lowest BCUT2D eigenvalue weighted by atomic mass is 9.74. The lowest BCUT2D eigenvalue weighted by molar-refractivity contribution is -0.122. The third-order valence-corrected chi connectivity index (χ3v) is 8.74. The van der Waals surface area contributed by atoms with Crippen molar-refractivity contribution in [3.8, 4) is 0 Å². The summed E-state index contributed by atoms with van der Waals surface area (Å²) < 4.78 is 0. The van der Waals surface area contributed by atoms with Gasteiger partial charge >= 0.3 is 0 Å². The van der Waals surface area contributed by atoms with E-state index in [1.54, 1.807) is 6.92 Å². The number of hydrogen-bond acceptors (Lipinski definition) is 2. The zero-order valence-corrected chi connectivity index (χ0v) is 24.8. The third-order valence-electron chi connectivity index (χ3n) is 8.74. The smallest absolute Gasteiger partial charge is 0.133 e. The number of hydrogen-bond donors (Lipinski definition) is 0. The molecule has 0 heterocycles. The molecule has 0 radical (unpaired) electrons. The molecule has 0 spiro atoms. The SMILES string of the molecule is C=C(CCCCCC)N(Cc1ccc([C@@H]2CCCCC2C(C)=O)cc1)C1CC1.CC[C@H](C)c1ccccc1. The maximum atomic E-state index is 12.1. The average molecular weight is 516 g/mol. The van der Waals surface area contributed by atoms with Gasteiger partial charge in [0.05, 0.1) is 0 Å². The molecule has 38 heavy (non-hydrogen) atoms. The molecule has 208 valence electrons. The van der Waals surface area contributed by atoms with Crippen LogP contribution in [0.1, 0.15) is 133 Å². The molecular weight excluding hydrogens is 462 g/mol. The van der Waals surface area contributed by atoms with E-state index in [0.29, 0.717) is 23.7 Å². The van der Waals surface area contributed by atoms with Crippen molar-refractivity contribution in [1.29, 1.82) is 0 Å². The molecule has 4 rings (SSSR count). The van der Waals surface area contributed by atoms with Gasteiger partial charge in [-0.2, -0.15) is 0 Å². The van der Waals surface area contributed by atoms with Crippen molar-refractivity contribution in [2.75, 3.05) is 0 Å². The number of nitrogens with zero attached hydrogens (tertiary/aromatic N) is 1. The number of carbonyl (C=O) groups excluding carboxylic acids is 1. The van der Waals surface area contributed by atoms with Gasteiger partial charge in [-0.15, -0.1) is 0 Å². The highest BCUT2D eigenvalue weighted by Crippen LogP contribution is 2.39. The Morgan fingerprint density at radius 2 is 1.61 bits per heavy atom. The average Bonchev–Trinajstić information content (AvgIpc) is 3.80. The third kappa shape index (κ3) is 9.44. The Morgan fingerprint density at radius 3 is 2.21 bits per heavy atom. The minimum Gasteiger partial charge on any atom is -0.368 e. The van der Waals surface area contributed by atoms with Gasteiger partial charge in [-0.25, -0.2) is 0 Å². The molecule has 0 bridgehead atoms. The fraction of sp³-hybridized carbons (Fsp3) is 0.583. The second kappa shape index (κ2) is 15.9. The van der Waals surface area contributed by atoms with E-state index in [2.05, 4.69) is 86.8 Å². The monoisotopic (exact) mass is 515 g/mol. The summed E-state index contributed by atoms with van der Waals surface area (Å²) in [5.74, 6) is 1.73. The number of Topliss-reactive ketones (excluding diaryl/α,β-unsaturated/α-hetero) is 1. The highest BCUT2D eigenvalue weighted by molar-refractivity contribution is 5.79. The van der Waals surface area contributed by atoms with Gasteiger partial charge in [-0.05, 0) is 80.4 Å². The van der Waals surface area contributed by atoms with Crippen LogP contribution in [-0.4, -0.2) is 16.7 Å². The van der Waals surface area contributed by atoms with Crippen molar-refractivity contribution < 1.29 is 4.79 Å². The molecule has 3 atom stereocenters. The van der Waals surface area contributed by atoms with E-state index in [1.807, 2.05) is 0 Å². The fourth-order valence-electron chi connectivity index (χ4n) is 5.89. The summed E-state index contributed by atoms with van der Waals surface area (Å²) in [5, 5.41) is 0. The fourth-order valence-corrected chi connectivity index (χ4v) is 5.89. The van der Waals surface area contributed by atoms with Crippen LogP contribution in [0.15, 0.2) is 66.9 Å². The Morgan fingerprint density at radius 1 is 0.921 bits per heavy atom. The van der Waals surface area contributed by atoms with Crippen molar-refractivity contribution >= 4 is 5.78 Å².